The van der Waals surface area contributed by atoms with Gasteiger partial charge in [0.1, 0.15) is 0 Å². The van der Waals surface area contributed by atoms with Crippen LogP contribution in [0, 0.1) is 5.92 Å². The number of hydrogen-bond donors (Lipinski definition) is 3. The van der Waals surface area contributed by atoms with Crippen LogP contribution in [0.25, 0.3) is 0 Å². The van der Waals surface area contributed by atoms with Gasteiger partial charge in [-0.05, 0) is 47.0 Å². The molecule has 0 radical (unpaired) electrons. The normalized spacial score (nSPS) is 13.2. The molecule has 0 saturated heterocycles. The maximum absolute atomic E-state index is 12.2. The highest BCUT2D eigenvalue weighted by Crippen LogP contribution is 2.22. The second-order valence-electron chi connectivity index (χ2n) is 5.17. The molecule has 0 fully saturated rings. The molecule has 1 atom stereocenters. The molecule has 0 spiro atoms. The lowest BCUT2D eigenvalue weighted by Gasteiger charge is -2.15. The van der Waals surface area contributed by atoms with E-state index in [0.717, 1.165) is 0 Å². The van der Waals surface area contributed by atoms with Crippen LogP contribution in [0.4, 0.5) is 5.69 Å². The van der Waals surface area contributed by atoms with Gasteiger partial charge in [-0.3, -0.25) is 4.79 Å². The molecular formula is C13H20BrN3O3S. The molecule has 0 aromatic heterocycles. The van der Waals surface area contributed by atoms with Crippen LogP contribution < -0.4 is 15.8 Å². The molecule has 1 aromatic carbocycles. The molecule has 1 unspecified atom stereocenters. The van der Waals surface area contributed by atoms with Crippen LogP contribution >= 0.6 is 15.9 Å². The fourth-order valence-electron chi connectivity index (χ4n) is 1.50. The molecule has 0 heterocycles. The summed E-state index contributed by atoms with van der Waals surface area (Å²) in [6.45, 7) is 5.91. The Bertz CT molecular complexity index is 617. The van der Waals surface area contributed by atoms with E-state index in [1.165, 1.54) is 19.1 Å². The van der Waals surface area contributed by atoms with Crippen LogP contribution in [-0.2, 0) is 14.8 Å². The predicted octanol–water partition coefficient (Wildman–Crippen LogP) is 1.47. The first kappa shape index (κ1) is 17.9. The van der Waals surface area contributed by atoms with Crippen molar-refractivity contribution in [2.45, 2.75) is 31.7 Å². The van der Waals surface area contributed by atoms with E-state index in [0.29, 0.717) is 22.6 Å². The molecule has 4 N–H and O–H groups in total. The fourth-order valence-corrected chi connectivity index (χ4v) is 2.99. The van der Waals surface area contributed by atoms with Crippen molar-refractivity contribution in [2.24, 2.45) is 5.92 Å². The zero-order valence-corrected chi connectivity index (χ0v) is 14.6. The summed E-state index contributed by atoms with van der Waals surface area (Å²) >= 11 is 3.20. The molecule has 6 nitrogen and oxygen atoms in total. The number of benzene rings is 1. The summed E-state index contributed by atoms with van der Waals surface area (Å²) < 4.78 is 27.3. The molecule has 118 valence electrons. The van der Waals surface area contributed by atoms with Crippen LogP contribution in [0.2, 0.25) is 0 Å². The summed E-state index contributed by atoms with van der Waals surface area (Å²) in [6, 6.07) is 3.44. The standard InChI is InChI=1S/C13H20BrN3O3S/c1-8(2)7-16-13(18)9(3)17-21(19,20)10-4-5-11(14)12(15)6-10/h4-6,8-9,17H,7,15H2,1-3H3,(H,16,18). The van der Waals surface area contributed by atoms with E-state index in [1.807, 2.05) is 13.8 Å². The number of rotatable bonds is 6. The Balaban J connectivity index is 2.80. The van der Waals surface area contributed by atoms with Crippen LogP contribution in [-0.4, -0.2) is 26.9 Å². The predicted molar refractivity (Wildman–Crippen MR) is 86.2 cm³/mol. The number of halogens is 1. The third-order valence-electron chi connectivity index (χ3n) is 2.69. The van der Waals surface area contributed by atoms with Crippen molar-refractivity contribution in [3.05, 3.63) is 22.7 Å². The SMILES string of the molecule is CC(C)CNC(=O)C(C)NS(=O)(=O)c1ccc(Br)c(N)c1. The minimum atomic E-state index is -3.79. The maximum atomic E-state index is 12.2. The lowest BCUT2D eigenvalue weighted by atomic mass is 10.2. The highest BCUT2D eigenvalue weighted by molar-refractivity contribution is 9.10. The van der Waals surface area contributed by atoms with Crippen LogP contribution in [0.5, 0.6) is 0 Å². The molecule has 21 heavy (non-hydrogen) atoms. The average Bonchev–Trinajstić information content (AvgIpc) is 2.38. The van der Waals surface area contributed by atoms with Gasteiger partial charge in [0.05, 0.1) is 10.9 Å². The van der Waals surface area contributed by atoms with Gasteiger partial charge in [0, 0.05) is 16.7 Å². The van der Waals surface area contributed by atoms with Gasteiger partial charge in [-0.1, -0.05) is 13.8 Å². The van der Waals surface area contributed by atoms with Gasteiger partial charge >= 0.3 is 0 Å². The molecule has 0 aliphatic rings. The molecule has 1 aromatic rings. The maximum Gasteiger partial charge on any atom is 0.241 e. The van der Waals surface area contributed by atoms with Gasteiger partial charge in [0.2, 0.25) is 15.9 Å². The number of hydrogen-bond acceptors (Lipinski definition) is 4. The fraction of sp³-hybridized carbons (Fsp3) is 0.462. The number of nitrogens with two attached hydrogens (primary N) is 1. The largest absolute Gasteiger partial charge is 0.398 e. The number of carbonyl (C=O) groups is 1. The van der Waals surface area contributed by atoms with Gasteiger partial charge in [0.25, 0.3) is 0 Å². The van der Waals surface area contributed by atoms with Crippen molar-refractivity contribution < 1.29 is 13.2 Å². The number of carbonyl (C=O) groups excluding carboxylic acids is 1. The first-order valence-electron chi connectivity index (χ1n) is 6.48. The summed E-state index contributed by atoms with van der Waals surface area (Å²) in [5.41, 5.74) is 5.99. The quantitative estimate of drug-likeness (QED) is 0.653. The lowest BCUT2D eigenvalue weighted by Crippen LogP contribution is -2.45. The summed E-state index contributed by atoms with van der Waals surface area (Å²) in [4.78, 5) is 11.8. The van der Waals surface area contributed by atoms with Crippen molar-refractivity contribution in [2.75, 3.05) is 12.3 Å². The Kier molecular flexibility index (Phi) is 6.18. The van der Waals surface area contributed by atoms with E-state index in [9.17, 15) is 13.2 Å². The van der Waals surface area contributed by atoms with Gasteiger partial charge in [-0.2, -0.15) is 4.72 Å². The highest BCUT2D eigenvalue weighted by atomic mass is 79.9. The second kappa shape index (κ2) is 7.24. The Hall–Kier alpha value is -1.12. The number of anilines is 1. The minimum absolute atomic E-state index is 0.0201. The molecule has 1 rings (SSSR count). The molecule has 0 bridgehead atoms. The van der Waals surface area contributed by atoms with Gasteiger partial charge < -0.3 is 11.1 Å². The monoisotopic (exact) mass is 377 g/mol. The Morgan fingerprint density at radius 1 is 1.33 bits per heavy atom. The number of nitrogen functional groups attached to an aromatic ring is 1. The lowest BCUT2D eigenvalue weighted by molar-refractivity contribution is -0.122. The first-order chi connectivity index (χ1) is 9.63. The zero-order chi connectivity index (χ0) is 16.2. The molecular weight excluding hydrogens is 358 g/mol. The van der Waals surface area contributed by atoms with E-state index in [2.05, 4.69) is 26.0 Å². The zero-order valence-electron chi connectivity index (χ0n) is 12.2. The summed E-state index contributed by atoms with van der Waals surface area (Å²) in [5, 5.41) is 2.68. The van der Waals surface area contributed by atoms with Gasteiger partial charge in [-0.25, -0.2) is 8.42 Å². The van der Waals surface area contributed by atoms with E-state index in [-0.39, 0.29) is 10.8 Å². The van der Waals surface area contributed by atoms with Crippen LogP contribution in [0.3, 0.4) is 0 Å². The second-order valence-corrected chi connectivity index (χ2v) is 7.73. The van der Waals surface area contributed by atoms with E-state index >= 15 is 0 Å². The van der Waals surface area contributed by atoms with Crippen LogP contribution in [0.15, 0.2) is 27.6 Å². The Morgan fingerprint density at radius 2 is 1.95 bits per heavy atom. The van der Waals surface area contributed by atoms with Crippen molar-refractivity contribution in [1.29, 1.82) is 0 Å². The van der Waals surface area contributed by atoms with Crippen molar-refractivity contribution in [1.82, 2.24) is 10.0 Å². The van der Waals surface area contributed by atoms with E-state index < -0.39 is 16.1 Å². The minimum Gasteiger partial charge on any atom is -0.398 e. The Morgan fingerprint density at radius 3 is 2.48 bits per heavy atom. The molecule has 0 aliphatic carbocycles. The van der Waals surface area contributed by atoms with E-state index in [4.69, 9.17) is 5.73 Å². The number of nitrogens with one attached hydrogen (secondary N) is 2. The highest BCUT2D eigenvalue weighted by Gasteiger charge is 2.22. The molecule has 1 amide bonds. The number of amides is 1. The first-order valence-corrected chi connectivity index (χ1v) is 8.76. The third-order valence-corrected chi connectivity index (χ3v) is 4.95. The topological polar surface area (TPSA) is 101 Å². The van der Waals surface area contributed by atoms with Crippen molar-refractivity contribution in [3.8, 4) is 0 Å². The smallest absolute Gasteiger partial charge is 0.241 e. The van der Waals surface area contributed by atoms with Gasteiger partial charge in [-0.15, -0.1) is 0 Å². The summed E-state index contributed by atoms with van der Waals surface area (Å²) in [5.74, 6) is -0.0682. The number of sulfonamides is 1. The third kappa shape index (κ3) is 5.29. The van der Waals surface area contributed by atoms with Gasteiger partial charge in [0.15, 0.2) is 0 Å². The summed E-state index contributed by atoms with van der Waals surface area (Å²) in [7, 11) is -3.79. The van der Waals surface area contributed by atoms with E-state index in [1.54, 1.807) is 6.07 Å². The van der Waals surface area contributed by atoms with Crippen molar-refractivity contribution >= 4 is 37.5 Å². The molecule has 8 heteroatoms. The molecule has 0 aliphatic heterocycles. The molecule has 0 saturated carbocycles. The van der Waals surface area contributed by atoms with Crippen molar-refractivity contribution in [3.63, 3.8) is 0 Å². The average molecular weight is 378 g/mol. The van der Waals surface area contributed by atoms with Crippen LogP contribution in [0.1, 0.15) is 20.8 Å². The Labute approximate surface area is 133 Å². The summed E-state index contributed by atoms with van der Waals surface area (Å²) in [6.07, 6.45) is 0.